The molecule has 0 bridgehead atoms. The van der Waals surface area contributed by atoms with E-state index in [1.807, 2.05) is 13.8 Å². The average Bonchev–Trinajstić information content (AvgIpc) is 2.46. The van der Waals surface area contributed by atoms with Gasteiger partial charge < -0.3 is 14.2 Å². The zero-order valence-corrected chi connectivity index (χ0v) is 13.2. The summed E-state index contributed by atoms with van der Waals surface area (Å²) in [4.78, 5) is 34.3. The summed E-state index contributed by atoms with van der Waals surface area (Å²) in [5, 5.41) is 0. The van der Waals surface area contributed by atoms with E-state index in [9.17, 15) is 14.4 Å². The predicted molar refractivity (Wildman–Crippen MR) is 80.7 cm³/mol. The van der Waals surface area contributed by atoms with Gasteiger partial charge in [0.1, 0.15) is 6.10 Å². The molecule has 0 amide bonds. The van der Waals surface area contributed by atoms with E-state index in [4.69, 9.17) is 9.47 Å². The summed E-state index contributed by atoms with van der Waals surface area (Å²) in [6.45, 7) is 7.48. The van der Waals surface area contributed by atoms with Crippen molar-refractivity contribution in [3.8, 4) is 0 Å². The first-order chi connectivity index (χ1) is 10.5. The lowest BCUT2D eigenvalue weighted by molar-refractivity contribution is -0.149. The van der Waals surface area contributed by atoms with Crippen molar-refractivity contribution in [3.05, 3.63) is 25.0 Å². The van der Waals surface area contributed by atoms with Gasteiger partial charge in [-0.15, -0.1) is 0 Å². The second-order valence-corrected chi connectivity index (χ2v) is 4.56. The molecule has 0 fully saturated rings. The van der Waals surface area contributed by atoms with Gasteiger partial charge >= 0.3 is 17.9 Å². The number of rotatable bonds is 11. The minimum Gasteiger partial charge on any atom is -0.463 e. The third-order valence-corrected chi connectivity index (χ3v) is 2.60. The predicted octanol–water partition coefficient (Wildman–Crippen LogP) is 2.67. The first-order valence-electron chi connectivity index (χ1n) is 7.39. The van der Waals surface area contributed by atoms with Crippen LogP contribution in [0.15, 0.2) is 25.0 Å². The lowest BCUT2D eigenvalue weighted by atomic mass is 10.1. The van der Waals surface area contributed by atoms with Crippen LogP contribution in [0.25, 0.3) is 0 Å². The minimum atomic E-state index is -0.697. The molecule has 0 saturated carbocycles. The van der Waals surface area contributed by atoms with Gasteiger partial charge in [0.05, 0.1) is 19.3 Å². The van der Waals surface area contributed by atoms with Crippen LogP contribution in [-0.4, -0.2) is 30.6 Å². The van der Waals surface area contributed by atoms with Crippen LogP contribution >= 0.6 is 0 Å². The van der Waals surface area contributed by atoms with Crippen molar-refractivity contribution in [3.63, 3.8) is 0 Å². The maximum absolute atomic E-state index is 11.6. The molecule has 6 heteroatoms. The third-order valence-electron chi connectivity index (χ3n) is 2.60. The van der Waals surface area contributed by atoms with Crippen LogP contribution in [0, 0.1) is 0 Å². The quantitative estimate of drug-likeness (QED) is 0.192. The molecule has 0 aliphatic rings. The first kappa shape index (κ1) is 19.9. The van der Waals surface area contributed by atoms with Gasteiger partial charge in [-0.3, -0.25) is 4.79 Å². The number of esters is 3. The number of carbonyl (C=O) groups is 3. The standard InChI is InChI=1S/C16H24O6/c1-4-7-11-21-14(17)9-10-15(18)22-13(8-5-2)12-16(19)20-6-3/h6,9-10,13H,3-5,7-8,11-12H2,1-2H3/b10-9-. The Kier molecular flexibility index (Phi) is 11.4. The number of ether oxygens (including phenoxy) is 3. The number of hydrogen-bond acceptors (Lipinski definition) is 6. The summed E-state index contributed by atoms with van der Waals surface area (Å²) in [7, 11) is 0. The fraction of sp³-hybridized carbons (Fsp3) is 0.562. The number of unbranched alkanes of at least 4 members (excludes halogenated alkanes) is 1. The van der Waals surface area contributed by atoms with Crippen molar-refractivity contribution in [2.45, 2.75) is 52.1 Å². The highest BCUT2D eigenvalue weighted by molar-refractivity contribution is 5.91. The highest BCUT2D eigenvalue weighted by atomic mass is 16.6. The number of hydrogen-bond donors (Lipinski definition) is 0. The number of carbonyl (C=O) groups excluding carboxylic acids is 3. The Balaban J connectivity index is 4.29. The molecule has 0 spiro atoms. The van der Waals surface area contributed by atoms with Crippen molar-refractivity contribution >= 4 is 17.9 Å². The van der Waals surface area contributed by atoms with Gasteiger partial charge in [0.2, 0.25) is 0 Å². The average molecular weight is 312 g/mol. The SMILES string of the molecule is C=COC(=O)CC(CCC)OC(=O)/C=C\C(=O)OCCCC. The molecule has 124 valence electrons. The lowest BCUT2D eigenvalue weighted by Gasteiger charge is -2.14. The van der Waals surface area contributed by atoms with Crippen molar-refractivity contribution in [2.75, 3.05) is 6.61 Å². The molecule has 0 radical (unpaired) electrons. The van der Waals surface area contributed by atoms with Gasteiger partial charge in [-0.2, -0.15) is 0 Å². The van der Waals surface area contributed by atoms with E-state index in [1.54, 1.807) is 0 Å². The Hall–Kier alpha value is -2.11. The molecule has 1 atom stereocenters. The van der Waals surface area contributed by atoms with E-state index in [2.05, 4.69) is 11.3 Å². The second-order valence-electron chi connectivity index (χ2n) is 4.56. The fourth-order valence-electron chi connectivity index (χ4n) is 1.56. The van der Waals surface area contributed by atoms with E-state index in [-0.39, 0.29) is 6.42 Å². The monoisotopic (exact) mass is 312 g/mol. The zero-order valence-electron chi connectivity index (χ0n) is 13.2. The molecule has 0 aliphatic carbocycles. The molecule has 0 saturated heterocycles. The molecular weight excluding hydrogens is 288 g/mol. The largest absolute Gasteiger partial charge is 0.463 e. The highest BCUT2D eigenvalue weighted by Crippen LogP contribution is 2.09. The van der Waals surface area contributed by atoms with Crippen LogP contribution < -0.4 is 0 Å². The summed E-state index contributed by atoms with van der Waals surface area (Å²) < 4.78 is 14.6. The molecule has 0 rings (SSSR count). The second kappa shape index (κ2) is 12.6. The molecule has 1 unspecified atom stereocenters. The fourth-order valence-corrected chi connectivity index (χ4v) is 1.56. The smallest absolute Gasteiger partial charge is 0.331 e. The van der Waals surface area contributed by atoms with E-state index >= 15 is 0 Å². The van der Waals surface area contributed by atoms with Gasteiger partial charge in [0, 0.05) is 12.2 Å². The first-order valence-corrected chi connectivity index (χ1v) is 7.39. The molecular formula is C16H24O6. The van der Waals surface area contributed by atoms with E-state index in [0.717, 1.165) is 37.7 Å². The van der Waals surface area contributed by atoms with Crippen LogP contribution in [-0.2, 0) is 28.6 Å². The Morgan fingerprint density at radius 1 is 1.09 bits per heavy atom. The van der Waals surface area contributed by atoms with E-state index in [0.29, 0.717) is 13.0 Å². The maximum atomic E-state index is 11.6. The Bertz CT molecular complexity index is 399. The lowest BCUT2D eigenvalue weighted by Crippen LogP contribution is -2.21. The Morgan fingerprint density at radius 2 is 1.77 bits per heavy atom. The molecule has 22 heavy (non-hydrogen) atoms. The zero-order chi connectivity index (χ0) is 16.8. The van der Waals surface area contributed by atoms with Gasteiger partial charge in [-0.1, -0.05) is 33.3 Å². The molecule has 6 nitrogen and oxygen atoms in total. The van der Waals surface area contributed by atoms with Gasteiger partial charge in [0.15, 0.2) is 0 Å². The summed E-state index contributed by atoms with van der Waals surface area (Å²) in [5.74, 6) is -1.81. The highest BCUT2D eigenvalue weighted by Gasteiger charge is 2.17. The van der Waals surface area contributed by atoms with Crippen molar-refractivity contribution in [1.82, 2.24) is 0 Å². The molecule has 0 aromatic heterocycles. The molecule has 0 heterocycles. The normalized spacial score (nSPS) is 11.7. The van der Waals surface area contributed by atoms with E-state index in [1.165, 1.54) is 0 Å². The van der Waals surface area contributed by atoms with Crippen LogP contribution in [0.4, 0.5) is 0 Å². The Morgan fingerprint density at radius 3 is 2.36 bits per heavy atom. The topological polar surface area (TPSA) is 78.9 Å². The summed E-state index contributed by atoms with van der Waals surface area (Å²) >= 11 is 0. The molecule has 0 aromatic rings. The maximum Gasteiger partial charge on any atom is 0.331 e. The third kappa shape index (κ3) is 10.7. The van der Waals surface area contributed by atoms with Crippen LogP contribution in [0.1, 0.15) is 46.0 Å². The van der Waals surface area contributed by atoms with Crippen LogP contribution in [0.2, 0.25) is 0 Å². The van der Waals surface area contributed by atoms with Crippen molar-refractivity contribution in [2.24, 2.45) is 0 Å². The Labute approximate surface area is 131 Å². The van der Waals surface area contributed by atoms with Crippen LogP contribution in [0.3, 0.4) is 0 Å². The molecule has 0 N–H and O–H groups in total. The van der Waals surface area contributed by atoms with Crippen LogP contribution in [0.5, 0.6) is 0 Å². The minimum absolute atomic E-state index is 0.0552. The van der Waals surface area contributed by atoms with Crippen molar-refractivity contribution in [1.29, 1.82) is 0 Å². The van der Waals surface area contributed by atoms with Gasteiger partial charge in [0.25, 0.3) is 0 Å². The van der Waals surface area contributed by atoms with Gasteiger partial charge in [-0.25, -0.2) is 9.59 Å². The van der Waals surface area contributed by atoms with E-state index < -0.39 is 24.0 Å². The summed E-state index contributed by atoms with van der Waals surface area (Å²) in [6, 6.07) is 0. The summed E-state index contributed by atoms with van der Waals surface area (Å²) in [6.07, 6.45) is 5.34. The molecule has 0 aliphatic heterocycles. The van der Waals surface area contributed by atoms with Gasteiger partial charge in [-0.05, 0) is 12.8 Å². The van der Waals surface area contributed by atoms with Crippen molar-refractivity contribution < 1.29 is 28.6 Å². The molecule has 0 aromatic carbocycles. The summed E-state index contributed by atoms with van der Waals surface area (Å²) in [5.41, 5.74) is 0.